The molecule has 1 aliphatic carbocycles. The maximum Gasteiger partial charge on any atom is 0.240 e. The fourth-order valence-corrected chi connectivity index (χ4v) is 5.33. The SMILES string of the molecule is O=C(Nc1cccc(-c2ccc(S(=O)(=O)NCCOCCO)cc2)c1)C1(c2ccc3c(c2)OCO3)CC1.[HH]. The highest BCUT2D eigenvalue weighted by atomic mass is 32.2. The maximum atomic E-state index is 13.3. The highest BCUT2D eigenvalue weighted by molar-refractivity contribution is 7.89. The van der Waals surface area contributed by atoms with E-state index in [0.717, 1.165) is 29.5 Å². The van der Waals surface area contributed by atoms with Gasteiger partial charge in [0.1, 0.15) is 0 Å². The van der Waals surface area contributed by atoms with Crippen molar-refractivity contribution >= 4 is 21.6 Å². The minimum Gasteiger partial charge on any atom is -0.454 e. The zero-order valence-electron chi connectivity index (χ0n) is 20.1. The van der Waals surface area contributed by atoms with E-state index in [0.29, 0.717) is 17.2 Å². The summed E-state index contributed by atoms with van der Waals surface area (Å²) in [7, 11) is -3.68. The molecule has 1 amide bonds. The smallest absolute Gasteiger partial charge is 0.240 e. The summed E-state index contributed by atoms with van der Waals surface area (Å²) in [5, 5.41) is 11.8. The number of carbonyl (C=O) groups is 1. The van der Waals surface area contributed by atoms with Crippen LogP contribution in [-0.2, 0) is 25.0 Å². The summed E-state index contributed by atoms with van der Waals surface area (Å²) in [4.78, 5) is 13.4. The Morgan fingerprint density at radius 2 is 1.76 bits per heavy atom. The number of carbonyl (C=O) groups excluding carboxylic acids is 1. The number of sulfonamides is 1. The predicted molar refractivity (Wildman–Crippen MR) is 139 cm³/mol. The molecule has 1 fully saturated rings. The van der Waals surface area contributed by atoms with E-state index >= 15 is 0 Å². The summed E-state index contributed by atoms with van der Waals surface area (Å²) in [5.41, 5.74) is 2.66. The van der Waals surface area contributed by atoms with Crippen LogP contribution in [0.25, 0.3) is 11.1 Å². The van der Waals surface area contributed by atoms with Gasteiger partial charge in [0, 0.05) is 13.7 Å². The number of aliphatic hydroxyl groups excluding tert-OH is 1. The number of ether oxygens (including phenoxy) is 3. The van der Waals surface area contributed by atoms with Crippen molar-refractivity contribution in [1.29, 1.82) is 0 Å². The molecule has 10 heteroatoms. The molecule has 1 heterocycles. The lowest BCUT2D eigenvalue weighted by molar-refractivity contribution is -0.118. The quantitative estimate of drug-likeness (QED) is 0.328. The zero-order valence-corrected chi connectivity index (χ0v) is 20.9. The summed E-state index contributed by atoms with van der Waals surface area (Å²) in [6.07, 6.45) is 1.52. The van der Waals surface area contributed by atoms with E-state index in [2.05, 4.69) is 10.0 Å². The van der Waals surface area contributed by atoms with Crippen molar-refractivity contribution in [2.24, 2.45) is 0 Å². The summed E-state index contributed by atoms with van der Waals surface area (Å²) in [5.74, 6) is 1.28. The average Bonchev–Trinajstić information content (AvgIpc) is 3.59. The normalized spacial score (nSPS) is 15.4. The Hall–Kier alpha value is -3.44. The zero-order chi connectivity index (χ0) is 25.9. The topological polar surface area (TPSA) is 123 Å². The third-order valence-electron chi connectivity index (χ3n) is 6.50. The van der Waals surface area contributed by atoms with Gasteiger partial charge in [0.2, 0.25) is 22.7 Å². The van der Waals surface area contributed by atoms with Gasteiger partial charge in [0.15, 0.2) is 11.5 Å². The first-order valence-corrected chi connectivity index (χ1v) is 13.5. The molecule has 0 saturated heterocycles. The lowest BCUT2D eigenvalue weighted by Gasteiger charge is -2.17. The first-order chi connectivity index (χ1) is 17.9. The number of rotatable bonds is 11. The highest BCUT2D eigenvalue weighted by Gasteiger charge is 2.51. The fraction of sp³-hybridized carbons (Fsp3) is 0.296. The molecule has 37 heavy (non-hydrogen) atoms. The number of amides is 1. The predicted octanol–water partition coefficient (Wildman–Crippen LogP) is 3.29. The molecule has 0 spiro atoms. The fourth-order valence-electron chi connectivity index (χ4n) is 4.32. The summed E-state index contributed by atoms with van der Waals surface area (Å²) in [6, 6.07) is 19.6. The van der Waals surface area contributed by atoms with E-state index in [-0.39, 0.29) is 45.4 Å². The number of nitrogens with one attached hydrogen (secondary N) is 2. The summed E-state index contributed by atoms with van der Waals surface area (Å²) >= 11 is 0. The van der Waals surface area contributed by atoms with E-state index in [1.807, 2.05) is 42.5 Å². The number of anilines is 1. The van der Waals surface area contributed by atoms with Crippen molar-refractivity contribution < 1.29 is 34.0 Å². The van der Waals surface area contributed by atoms with E-state index in [9.17, 15) is 13.2 Å². The molecule has 9 nitrogen and oxygen atoms in total. The number of hydrogen-bond acceptors (Lipinski definition) is 7. The highest BCUT2D eigenvalue weighted by Crippen LogP contribution is 2.51. The average molecular weight is 527 g/mol. The second kappa shape index (κ2) is 10.5. The van der Waals surface area contributed by atoms with E-state index < -0.39 is 15.4 Å². The van der Waals surface area contributed by atoms with Gasteiger partial charge in [-0.15, -0.1) is 0 Å². The lowest BCUT2D eigenvalue weighted by atomic mass is 9.94. The second-order valence-electron chi connectivity index (χ2n) is 8.94. The Kier molecular flexibility index (Phi) is 7.16. The molecule has 2 aliphatic rings. The molecule has 0 atom stereocenters. The molecule has 0 unspecified atom stereocenters. The van der Waals surface area contributed by atoms with Crippen LogP contribution in [0.5, 0.6) is 11.5 Å². The van der Waals surface area contributed by atoms with Crippen molar-refractivity contribution in [3.8, 4) is 22.6 Å². The second-order valence-corrected chi connectivity index (χ2v) is 10.7. The largest absolute Gasteiger partial charge is 0.454 e. The van der Waals surface area contributed by atoms with Crippen molar-refractivity contribution in [2.45, 2.75) is 23.2 Å². The van der Waals surface area contributed by atoms with Gasteiger partial charge in [-0.25, -0.2) is 13.1 Å². The molecule has 0 aromatic heterocycles. The Labute approximate surface area is 216 Å². The van der Waals surface area contributed by atoms with Gasteiger partial charge in [0.05, 0.1) is 30.1 Å². The number of fused-ring (bicyclic) bond motifs is 1. The minimum atomic E-state index is -3.68. The third kappa shape index (κ3) is 5.47. The van der Waals surface area contributed by atoms with Gasteiger partial charge >= 0.3 is 0 Å². The molecular formula is C27H30N2O7S. The van der Waals surface area contributed by atoms with Crippen LogP contribution in [0.3, 0.4) is 0 Å². The molecule has 3 aromatic rings. The monoisotopic (exact) mass is 526 g/mol. The van der Waals surface area contributed by atoms with Gasteiger partial charge in [-0.05, 0) is 65.9 Å². The molecule has 0 radical (unpaired) electrons. The van der Waals surface area contributed by atoms with Crippen LogP contribution in [0, 0.1) is 0 Å². The van der Waals surface area contributed by atoms with E-state index in [4.69, 9.17) is 19.3 Å². The van der Waals surface area contributed by atoms with E-state index in [1.165, 1.54) is 12.1 Å². The third-order valence-corrected chi connectivity index (χ3v) is 7.98. The number of hydrogen-bond donors (Lipinski definition) is 3. The van der Waals surface area contributed by atoms with Crippen LogP contribution in [0.1, 0.15) is 19.8 Å². The van der Waals surface area contributed by atoms with Crippen LogP contribution in [0.15, 0.2) is 71.6 Å². The Bertz CT molecular complexity index is 1390. The molecular weight excluding hydrogens is 496 g/mol. The molecule has 3 aromatic carbocycles. The Morgan fingerprint density at radius 3 is 2.51 bits per heavy atom. The van der Waals surface area contributed by atoms with Gasteiger partial charge in [-0.1, -0.05) is 30.3 Å². The van der Waals surface area contributed by atoms with Crippen molar-refractivity contribution in [3.05, 3.63) is 72.3 Å². The maximum absolute atomic E-state index is 13.3. The van der Waals surface area contributed by atoms with E-state index in [1.54, 1.807) is 12.1 Å². The summed E-state index contributed by atoms with van der Waals surface area (Å²) < 4.78 is 43.4. The van der Waals surface area contributed by atoms with Gasteiger partial charge < -0.3 is 24.6 Å². The molecule has 1 saturated carbocycles. The number of aliphatic hydroxyl groups is 1. The lowest BCUT2D eigenvalue weighted by Crippen LogP contribution is -2.27. The molecule has 1 aliphatic heterocycles. The van der Waals surface area contributed by atoms with Crippen LogP contribution >= 0.6 is 0 Å². The van der Waals surface area contributed by atoms with Crippen molar-refractivity contribution in [2.75, 3.05) is 38.5 Å². The Balaban J connectivity index is 0.00000336. The van der Waals surface area contributed by atoms with Gasteiger partial charge in [0.25, 0.3) is 0 Å². The molecule has 196 valence electrons. The van der Waals surface area contributed by atoms with Crippen LogP contribution in [0.4, 0.5) is 5.69 Å². The van der Waals surface area contributed by atoms with Gasteiger partial charge in [-0.2, -0.15) is 0 Å². The Morgan fingerprint density at radius 1 is 0.973 bits per heavy atom. The molecule has 0 bridgehead atoms. The van der Waals surface area contributed by atoms with Crippen LogP contribution in [0.2, 0.25) is 0 Å². The number of benzene rings is 3. The molecule has 5 rings (SSSR count). The van der Waals surface area contributed by atoms with Gasteiger partial charge in [-0.3, -0.25) is 4.79 Å². The van der Waals surface area contributed by atoms with Crippen molar-refractivity contribution in [1.82, 2.24) is 4.72 Å². The van der Waals surface area contributed by atoms with Crippen LogP contribution in [-0.4, -0.2) is 52.6 Å². The molecule has 3 N–H and O–H groups in total. The standard InChI is InChI=1S/C27H28N2O7S.H2/c30-13-15-34-14-12-28-37(32,33)23-7-4-19(5-8-23)20-2-1-3-22(16-20)29-26(31)27(10-11-27)21-6-9-24-25(17-21)36-18-35-24;/h1-9,16-17,28,30H,10-15,18H2,(H,29,31);1H. The first-order valence-electron chi connectivity index (χ1n) is 12.0. The first kappa shape index (κ1) is 25.2. The van der Waals surface area contributed by atoms with Crippen LogP contribution < -0.4 is 19.5 Å². The van der Waals surface area contributed by atoms with Crippen molar-refractivity contribution in [3.63, 3.8) is 0 Å². The minimum absolute atomic E-state index is 0. The summed E-state index contributed by atoms with van der Waals surface area (Å²) in [6.45, 7) is 0.524.